The molecule has 3 rings (SSSR count). The SMILES string of the molecule is COc1cccc(N(C(=O)CCC(=O)Nc2cc(C)on2)C(C(=O)NC(C)(C)C)c2cccc(OC)c2OC)c1. The summed E-state index contributed by atoms with van der Waals surface area (Å²) in [5, 5.41) is 9.34. The topological polar surface area (TPSA) is 132 Å². The molecule has 40 heavy (non-hydrogen) atoms. The molecule has 3 aromatic rings. The standard InChI is InChI=1S/C29H36N4O7/c1-18-16-23(32-40-18)30-24(34)14-15-25(35)33(19-10-8-11-20(17-19)37-5)26(28(36)31-29(2,3)4)21-12-9-13-22(38-6)27(21)39-7/h8-13,16-17,26H,14-15H2,1-7H3,(H,31,36)(H,30,32,34). The fourth-order valence-electron chi connectivity index (χ4n) is 4.13. The zero-order valence-corrected chi connectivity index (χ0v) is 23.9. The molecule has 0 saturated heterocycles. The van der Waals surface area contributed by atoms with Crippen molar-refractivity contribution in [1.82, 2.24) is 10.5 Å². The Bertz CT molecular complexity index is 1350. The maximum Gasteiger partial charge on any atom is 0.248 e. The quantitative estimate of drug-likeness (QED) is 0.357. The molecule has 0 radical (unpaired) electrons. The zero-order chi connectivity index (χ0) is 29.4. The molecule has 1 unspecified atom stereocenters. The summed E-state index contributed by atoms with van der Waals surface area (Å²) in [5.74, 6) is 0.631. The van der Waals surface area contributed by atoms with E-state index in [1.165, 1.54) is 26.2 Å². The van der Waals surface area contributed by atoms with E-state index in [1.54, 1.807) is 55.5 Å². The lowest BCUT2D eigenvalue weighted by atomic mass is 9.98. The number of methoxy groups -OCH3 is 3. The van der Waals surface area contributed by atoms with Gasteiger partial charge < -0.3 is 29.4 Å². The number of carbonyl (C=O) groups excluding carboxylic acids is 3. The third-order valence-electron chi connectivity index (χ3n) is 5.79. The van der Waals surface area contributed by atoms with E-state index in [0.717, 1.165) is 0 Å². The fraction of sp³-hybridized carbons (Fsp3) is 0.379. The van der Waals surface area contributed by atoms with E-state index in [4.69, 9.17) is 18.7 Å². The van der Waals surface area contributed by atoms with Crippen molar-refractivity contribution in [2.45, 2.75) is 52.1 Å². The lowest BCUT2D eigenvalue weighted by molar-refractivity contribution is -0.128. The Labute approximate surface area is 233 Å². The van der Waals surface area contributed by atoms with E-state index in [1.807, 2.05) is 20.8 Å². The maximum absolute atomic E-state index is 14.0. The first-order chi connectivity index (χ1) is 19.0. The molecule has 3 amide bonds. The Kier molecular flexibility index (Phi) is 9.76. The Hall–Kier alpha value is -4.54. The highest BCUT2D eigenvalue weighted by molar-refractivity contribution is 6.03. The highest BCUT2D eigenvalue weighted by atomic mass is 16.5. The lowest BCUT2D eigenvalue weighted by Gasteiger charge is -2.34. The summed E-state index contributed by atoms with van der Waals surface area (Å²) in [6.07, 6.45) is -0.362. The molecule has 0 aliphatic carbocycles. The van der Waals surface area contributed by atoms with Gasteiger partial charge in [0.2, 0.25) is 17.7 Å². The van der Waals surface area contributed by atoms with Gasteiger partial charge >= 0.3 is 0 Å². The monoisotopic (exact) mass is 552 g/mol. The number of carbonyl (C=O) groups is 3. The van der Waals surface area contributed by atoms with E-state index < -0.39 is 29.3 Å². The van der Waals surface area contributed by atoms with E-state index in [9.17, 15) is 14.4 Å². The molecule has 0 aliphatic heterocycles. The number of para-hydroxylation sites is 1. The van der Waals surface area contributed by atoms with Crippen molar-refractivity contribution in [2.24, 2.45) is 0 Å². The van der Waals surface area contributed by atoms with E-state index >= 15 is 0 Å². The van der Waals surface area contributed by atoms with Crippen molar-refractivity contribution in [3.8, 4) is 17.2 Å². The first kappa shape index (κ1) is 30.0. The van der Waals surface area contributed by atoms with Crippen LogP contribution in [0.3, 0.4) is 0 Å². The number of amides is 3. The summed E-state index contributed by atoms with van der Waals surface area (Å²) in [6.45, 7) is 7.24. The third kappa shape index (κ3) is 7.52. The highest BCUT2D eigenvalue weighted by Crippen LogP contribution is 2.40. The van der Waals surface area contributed by atoms with Crippen molar-refractivity contribution < 1.29 is 33.1 Å². The molecule has 0 bridgehead atoms. The smallest absolute Gasteiger partial charge is 0.248 e. The number of anilines is 2. The molecule has 2 aromatic carbocycles. The highest BCUT2D eigenvalue weighted by Gasteiger charge is 2.37. The number of hydrogen-bond acceptors (Lipinski definition) is 8. The molecule has 0 spiro atoms. The number of rotatable bonds is 11. The molecule has 2 N–H and O–H groups in total. The summed E-state index contributed by atoms with van der Waals surface area (Å²) >= 11 is 0. The van der Waals surface area contributed by atoms with Gasteiger partial charge in [0.25, 0.3) is 0 Å². The average Bonchev–Trinajstić information content (AvgIpc) is 3.32. The van der Waals surface area contributed by atoms with Crippen LogP contribution in [0.15, 0.2) is 53.1 Å². The molecule has 1 heterocycles. The van der Waals surface area contributed by atoms with Crippen LogP contribution in [0.25, 0.3) is 0 Å². The number of ether oxygens (including phenoxy) is 3. The van der Waals surface area contributed by atoms with Gasteiger partial charge in [0.1, 0.15) is 17.6 Å². The van der Waals surface area contributed by atoms with Crippen LogP contribution in [0, 0.1) is 6.92 Å². The van der Waals surface area contributed by atoms with Gasteiger partial charge in [-0.15, -0.1) is 0 Å². The number of nitrogens with one attached hydrogen (secondary N) is 2. The van der Waals surface area contributed by atoms with Crippen LogP contribution in [-0.2, 0) is 14.4 Å². The summed E-state index contributed by atoms with van der Waals surface area (Å²) in [4.78, 5) is 41.9. The predicted molar refractivity (Wildman–Crippen MR) is 150 cm³/mol. The average molecular weight is 553 g/mol. The van der Waals surface area contributed by atoms with Crippen LogP contribution >= 0.6 is 0 Å². The summed E-state index contributed by atoms with van der Waals surface area (Å²) in [7, 11) is 4.47. The number of benzene rings is 2. The van der Waals surface area contributed by atoms with Crippen LogP contribution in [0.4, 0.5) is 11.5 Å². The first-order valence-electron chi connectivity index (χ1n) is 12.7. The Morgan fingerprint density at radius 3 is 2.30 bits per heavy atom. The van der Waals surface area contributed by atoms with Gasteiger partial charge in [0.15, 0.2) is 17.3 Å². The van der Waals surface area contributed by atoms with E-state index in [-0.39, 0.29) is 18.7 Å². The van der Waals surface area contributed by atoms with Crippen LogP contribution in [0.1, 0.15) is 51.0 Å². The van der Waals surface area contributed by atoms with Gasteiger partial charge in [-0.05, 0) is 45.9 Å². The normalized spacial score (nSPS) is 11.8. The van der Waals surface area contributed by atoms with Gasteiger partial charge in [0, 0.05) is 41.8 Å². The van der Waals surface area contributed by atoms with Gasteiger partial charge in [-0.3, -0.25) is 19.3 Å². The number of nitrogens with zero attached hydrogens (tertiary/aromatic N) is 2. The van der Waals surface area contributed by atoms with Crippen LogP contribution in [-0.4, -0.2) is 49.7 Å². The third-order valence-corrected chi connectivity index (χ3v) is 5.79. The minimum Gasteiger partial charge on any atom is -0.497 e. The molecular weight excluding hydrogens is 516 g/mol. The molecular formula is C29H36N4O7. The maximum atomic E-state index is 14.0. The predicted octanol–water partition coefficient (Wildman–Crippen LogP) is 4.42. The second-order valence-corrected chi connectivity index (χ2v) is 10.1. The van der Waals surface area contributed by atoms with Crippen LogP contribution in [0.5, 0.6) is 17.2 Å². The van der Waals surface area contributed by atoms with Crippen LogP contribution in [0.2, 0.25) is 0 Å². The Morgan fingerprint density at radius 1 is 0.975 bits per heavy atom. The lowest BCUT2D eigenvalue weighted by Crippen LogP contribution is -2.49. The molecule has 0 fully saturated rings. The van der Waals surface area contributed by atoms with E-state index in [2.05, 4.69) is 15.8 Å². The van der Waals surface area contributed by atoms with Gasteiger partial charge in [-0.2, -0.15) is 0 Å². The van der Waals surface area contributed by atoms with Gasteiger partial charge in [-0.1, -0.05) is 23.4 Å². The molecule has 1 aromatic heterocycles. The number of aromatic nitrogens is 1. The zero-order valence-electron chi connectivity index (χ0n) is 23.9. The van der Waals surface area contributed by atoms with Crippen molar-refractivity contribution >= 4 is 29.2 Å². The minimum atomic E-state index is -1.18. The van der Waals surface area contributed by atoms with Gasteiger partial charge in [0.05, 0.1) is 21.3 Å². The first-order valence-corrected chi connectivity index (χ1v) is 12.7. The van der Waals surface area contributed by atoms with Crippen LogP contribution < -0.4 is 29.7 Å². The Balaban J connectivity index is 2.08. The molecule has 214 valence electrons. The fourth-order valence-corrected chi connectivity index (χ4v) is 4.13. The van der Waals surface area contributed by atoms with Crippen molar-refractivity contribution in [3.05, 3.63) is 59.9 Å². The minimum absolute atomic E-state index is 0.159. The summed E-state index contributed by atoms with van der Waals surface area (Å²) < 4.78 is 21.5. The van der Waals surface area contributed by atoms with Crippen molar-refractivity contribution in [3.63, 3.8) is 0 Å². The summed E-state index contributed by atoms with van der Waals surface area (Å²) in [5.41, 5.74) is 0.193. The molecule has 11 nitrogen and oxygen atoms in total. The van der Waals surface area contributed by atoms with Gasteiger partial charge in [-0.25, -0.2) is 0 Å². The largest absolute Gasteiger partial charge is 0.497 e. The number of aryl methyl sites for hydroxylation is 1. The summed E-state index contributed by atoms with van der Waals surface area (Å²) in [6, 6.07) is 12.3. The van der Waals surface area contributed by atoms with Crippen molar-refractivity contribution in [2.75, 3.05) is 31.5 Å². The second kappa shape index (κ2) is 13.0. The van der Waals surface area contributed by atoms with Crippen molar-refractivity contribution in [1.29, 1.82) is 0 Å². The Morgan fingerprint density at radius 2 is 1.70 bits per heavy atom. The molecule has 1 atom stereocenters. The second-order valence-electron chi connectivity index (χ2n) is 10.1. The molecule has 0 aliphatic rings. The van der Waals surface area contributed by atoms with E-state index in [0.29, 0.717) is 34.3 Å². The molecule has 0 saturated carbocycles. The number of hydrogen-bond donors (Lipinski definition) is 2. The molecule has 11 heteroatoms.